The molecule has 4 N–H and O–H groups in total. The van der Waals surface area contributed by atoms with Crippen molar-refractivity contribution < 1.29 is 19.4 Å². The number of carboxylic acid groups (broad SMARTS) is 1. The van der Waals surface area contributed by atoms with E-state index in [1.54, 1.807) is 25.1 Å². The predicted molar refractivity (Wildman–Crippen MR) is 141 cm³/mol. The van der Waals surface area contributed by atoms with Crippen LogP contribution in [-0.2, 0) is 14.9 Å². The minimum Gasteiger partial charge on any atom is -0.481 e. The highest BCUT2D eigenvalue weighted by Crippen LogP contribution is 2.52. The number of hydrogen-bond acceptors (Lipinski definition) is 8. The van der Waals surface area contributed by atoms with E-state index in [0.717, 1.165) is 30.7 Å². The molecular weight excluding hydrogens is 526 g/mol. The van der Waals surface area contributed by atoms with Crippen LogP contribution in [0, 0.1) is 11.8 Å². The molecular formula is C24H18ClN3O4S3. The number of ether oxygens (including phenoxy) is 1. The summed E-state index contributed by atoms with van der Waals surface area (Å²) in [7, 11) is 0. The molecule has 0 radical (unpaired) electrons. The average Bonchev–Trinajstić information content (AvgIpc) is 3.25. The molecule has 4 aromatic rings. The van der Waals surface area contributed by atoms with E-state index in [1.165, 1.54) is 22.7 Å². The molecule has 35 heavy (non-hydrogen) atoms. The number of carbonyl (C=O) groups is 2. The summed E-state index contributed by atoms with van der Waals surface area (Å²) in [5, 5.41) is 14.0. The van der Waals surface area contributed by atoms with Gasteiger partial charge in [-0.2, -0.15) is 4.37 Å². The maximum absolute atomic E-state index is 12.5. The Morgan fingerprint density at radius 1 is 1.26 bits per heavy atom. The number of nitrogen functional groups attached to an aromatic ring is 1. The summed E-state index contributed by atoms with van der Waals surface area (Å²) in [4.78, 5) is 25.8. The fourth-order valence-corrected chi connectivity index (χ4v) is 7.01. The van der Waals surface area contributed by atoms with Crippen LogP contribution in [0.2, 0.25) is 5.02 Å². The summed E-state index contributed by atoms with van der Waals surface area (Å²) < 4.78 is 10.7. The van der Waals surface area contributed by atoms with Gasteiger partial charge in [-0.05, 0) is 61.3 Å². The number of aliphatic carboxylic acids is 1. The maximum Gasteiger partial charge on any atom is 0.412 e. The zero-order valence-electron chi connectivity index (χ0n) is 18.3. The number of anilines is 2. The highest BCUT2D eigenvalue weighted by molar-refractivity contribution is 7.38. The van der Waals surface area contributed by atoms with Crippen molar-refractivity contribution in [1.82, 2.24) is 4.37 Å². The van der Waals surface area contributed by atoms with Gasteiger partial charge in [-0.25, -0.2) is 4.79 Å². The first kappa shape index (κ1) is 23.6. The Balaban J connectivity index is 1.30. The van der Waals surface area contributed by atoms with Gasteiger partial charge < -0.3 is 15.6 Å². The number of hydrogen-bond donors (Lipinski definition) is 3. The van der Waals surface area contributed by atoms with Gasteiger partial charge in [0, 0.05) is 20.8 Å². The van der Waals surface area contributed by atoms with E-state index in [9.17, 15) is 14.7 Å². The summed E-state index contributed by atoms with van der Waals surface area (Å²) in [6.45, 7) is 1.73. The van der Waals surface area contributed by atoms with Crippen molar-refractivity contribution in [3.63, 3.8) is 0 Å². The topological polar surface area (TPSA) is 115 Å². The lowest BCUT2D eigenvalue weighted by atomic mass is 10.1. The second-order valence-electron chi connectivity index (χ2n) is 8.07. The third-order valence-corrected chi connectivity index (χ3v) is 9.25. The Hall–Kier alpha value is -3.10. The maximum atomic E-state index is 12.5. The van der Waals surface area contributed by atoms with E-state index in [1.807, 2.05) is 18.2 Å². The number of benzene rings is 1. The van der Waals surface area contributed by atoms with Crippen LogP contribution in [0.25, 0.3) is 9.40 Å². The molecule has 1 aromatic carbocycles. The van der Waals surface area contributed by atoms with Crippen LogP contribution in [0.3, 0.4) is 0 Å². The number of rotatable bonds is 5. The summed E-state index contributed by atoms with van der Waals surface area (Å²) >= 11 is 10.2. The average molecular weight is 544 g/mol. The minimum atomic E-state index is -0.757. The molecule has 1 amide bonds. The molecule has 1 aliphatic rings. The van der Waals surface area contributed by atoms with Crippen LogP contribution in [0.4, 0.5) is 15.5 Å². The number of aromatic nitrogens is 1. The highest BCUT2D eigenvalue weighted by Gasteiger charge is 2.53. The molecule has 5 rings (SSSR count). The number of fused-ring (bicyclic) bond motifs is 1. The van der Waals surface area contributed by atoms with Crippen LogP contribution < -0.4 is 11.1 Å². The third-order valence-electron chi connectivity index (χ3n) is 5.72. The van der Waals surface area contributed by atoms with Crippen molar-refractivity contribution in [3.05, 3.63) is 62.4 Å². The molecule has 3 aromatic heterocycles. The zero-order valence-corrected chi connectivity index (χ0v) is 21.5. The first-order valence-corrected chi connectivity index (χ1v) is 13.3. The molecule has 7 nitrogen and oxygen atoms in total. The second kappa shape index (κ2) is 9.17. The van der Waals surface area contributed by atoms with Crippen molar-refractivity contribution in [1.29, 1.82) is 0 Å². The fraction of sp³-hybridized carbons (Fsp3) is 0.208. The van der Waals surface area contributed by atoms with Gasteiger partial charge in [-0.3, -0.25) is 10.1 Å². The van der Waals surface area contributed by atoms with E-state index in [0.29, 0.717) is 39.8 Å². The van der Waals surface area contributed by atoms with Crippen molar-refractivity contribution in [3.8, 4) is 11.8 Å². The van der Waals surface area contributed by atoms with E-state index < -0.39 is 23.6 Å². The van der Waals surface area contributed by atoms with Crippen LogP contribution in [0.5, 0.6) is 0 Å². The van der Waals surface area contributed by atoms with Crippen LogP contribution in [0.15, 0.2) is 36.4 Å². The molecule has 1 unspecified atom stereocenters. The molecule has 0 spiro atoms. The normalized spacial score (nSPS) is 14.7. The van der Waals surface area contributed by atoms with Gasteiger partial charge in [0.1, 0.15) is 22.2 Å². The molecule has 0 aliphatic heterocycles. The summed E-state index contributed by atoms with van der Waals surface area (Å²) in [6, 6.07) is 11.0. The number of nitrogens with one attached hydrogen (secondary N) is 1. The van der Waals surface area contributed by atoms with Crippen molar-refractivity contribution in [2.75, 3.05) is 11.1 Å². The van der Waals surface area contributed by atoms with Crippen LogP contribution >= 0.6 is 45.8 Å². The number of carboxylic acids is 1. The number of nitrogens with two attached hydrogens (primary N) is 1. The molecule has 1 fully saturated rings. The Kier molecular flexibility index (Phi) is 6.19. The van der Waals surface area contributed by atoms with E-state index in [2.05, 4.69) is 21.5 Å². The van der Waals surface area contributed by atoms with Gasteiger partial charge in [0.25, 0.3) is 0 Å². The third kappa shape index (κ3) is 4.60. The van der Waals surface area contributed by atoms with Gasteiger partial charge in [0.05, 0.1) is 8.89 Å². The monoisotopic (exact) mass is 543 g/mol. The van der Waals surface area contributed by atoms with Crippen LogP contribution in [-0.4, -0.2) is 21.5 Å². The smallest absolute Gasteiger partial charge is 0.412 e. The Morgan fingerprint density at radius 3 is 2.71 bits per heavy atom. The largest absolute Gasteiger partial charge is 0.481 e. The first-order chi connectivity index (χ1) is 16.8. The Labute approximate surface area is 217 Å². The molecule has 1 aliphatic carbocycles. The Morgan fingerprint density at radius 2 is 2.03 bits per heavy atom. The molecule has 0 saturated heterocycles. The summed E-state index contributed by atoms with van der Waals surface area (Å²) in [5.41, 5.74) is 6.65. The fourth-order valence-electron chi connectivity index (χ4n) is 3.62. The predicted octanol–water partition coefficient (Wildman–Crippen LogP) is 6.48. The minimum absolute atomic E-state index is 0.302. The standard InChI is InChI=1S/C24H18ClN3O4S3/c1-12(15-4-2-3-5-16(15)25)32-23(31)27-19-17(28-35-20(19)26)7-6-14-10-13-11-18(34-21(13)33-14)24(8-9-24)22(29)30/h2-5,10-12H,8-9,26H2,1H3,(H,27,31)(H,29,30). The van der Waals surface area contributed by atoms with Crippen molar-refractivity contribution >= 4 is 78.0 Å². The molecule has 11 heteroatoms. The van der Waals surface area contributed by atoms with Gasteiger partial charge >= 0.3 is 12.1 Å². The van der Waals surface area contributed by atoms with Crippen molar-refractivity contribution in [2.45, 2.75) is 31.3 Å². The lowest BCUT2D eigenvalue weighted by Gasteiger charge is -2.15. The molecule has 1 saturated carbocycles. The number of nitrogens with zero attached hydrogens (tertiary/aromatic N) is 1. The highest BCUT2D eigenvalue weighted by atomic mass is 35.5. The number of thiophene rings is 2. The lowest BCUT2D eigenvalue weighted by Crippen LogP contribution is -2.17. The molecule has 1 atom stereocenters. The Bertz CT molecular complexity index is 1490. The number of halogens is 1. The molecule has 3 heterocycles. The van der Waals surface area contributed by atoms with Gasteiger partial charge in [0.15, 0.2) is 5.69 Å². The second-order valence-corrected chi connectivity index (χ2v) is 11.6. The lowest BCUT2D eigenvalue weighted by molar-refractivity contribution is -0.139. The van der Waals surface area contributed by atoms with E-state index >= 15 is 0 Å². The molecule has 178 valence electrons. The van der Waals surface area contributed by atoms with Gasteiger partial charge in [-0.1, -0.05) is 29.8 Å². The van der Waals surface area contributed by atoms with Gasteiger partial charge in [-0.15, -0.1) is 22.7 Å². The SMILES string of the molecule is CC(OC(=O)Nc1c(C#Cc2cc3cc(C4(C(=O)O)CC4)sc3s2)nsc1N)c1ccccc1Cl. The van der Waals surface area contributed by atoms with Crippen molar-refractivity contribution in [2.24, 2.45) is 0 Å². The van der Waals surface area contributed by atoms with Crippen LogP contribution in [0.1, 0.15) is 46.9 Å². The van der Waals surface area contributed by atoms with Gasteiger partial charge in [0.2, 0.25) is 0 Å². The summed E-state index contributed by atoms with van der Waals surface area (Å²) in [6.07, 6.45) is 0.113. The number of amides is 1. The van der Waals surface area contributed by atoms with E-state index in [4.69, 9.17) is 22.1 Å². The van der Waals surface area contributed by atoms with E-state index in [-0.39, 0.29) is 0 Å². The summed E-state index contributed by atoms with van der Waals surface area (Å²) in [5.74, 6) is 5.29. The number of carbonyl (C=O) groups excluding carboxylic acids is 1. The first-order valence-electron chi connectivity index (χ1n) is 10.5. The zero-order chi connectivity index (χ0) is 24.7. The quantitative estimate of drug-likeness (QED) is 0.248. The molecule has 0 bridgehead atoms.